The molecule has 0 unspecified atom stereocenters. The van der Waals surface area contributed by atoms with Crippen molar-refractivity contribution in [2.75, 3.05) is 18.8 Å². The van der Waals surface area contributed by atoms with Crippen LogP contribution in [0.2, 0.25) is 0 Å². The van der Waals surface area contributed by atoms with Crippen molar-refractivity contribution in [3.8, 4) is 17.0 Å². The van der Waals surface area contributed by atoms with E-state index in [2.05, 4.69) is 6.58 Å². The number of anilines is 1. The van der Waals surface area contributed by atoms with E-state index in [4.69, 9.17) is 21.3 Å². The average Bonchev–Trinajstić information content (AvgIpc) is 3.31. The summed E-state index contributed by atoms with van der Waals surface area (Å²) >= 11 is 0. The second kappa shape index (κ2) is 7.14. The number of carbonyl (C=O) groups is 2. The van der Waals surface area contributed by atoms with Gasteiger partial charge in [-0.1, -0.05) is 6.58 Å². The van der Waals surface area contributed by atoms with Gasteiger partial charge in [0.15, 0.2) is 0 Å². The summed E-state index contributed by atoms with van der Waals surface area (Å²) in [4.78, 5) is 26.0. The number of likely N-dealkylation sites (tertiary alicyclic amines) is 1. The van der Waals surface area contributed by atoms with Gasteiger partial charge in [0.05, 0.1) is 12.1 Å². The zero-order chi connectivity index (χ0) is 21.8. The molecule has 3 fully saturated rings. The molecule has 1 saturated heterocycles. The maximum absolute atomic E-state index is 12.2. The highest BCUT2D eigenvalue weighted by Crippen LogP contribution is 2.54. The van der Waals surface area contributed by atoms with Crippen molar-refractivity contribution in [1.29, 1.82) is 0 Å². The Labute approximate surface area is 180 Å². The Morgan fingerprint density at radius 2 is 1.94 bits per heavy atom. The summed E-state index contributed by atoms with van der Waals surface area (Å²) in [6.45, 7) is 5.06. The second-order valence-corrected chi connectivity index (χ2v) is 9.04. The van der Waals surface area contributed by atoms with Crippen molar-refractivity contribution < 1.29 is 14.3 Å². The predicted octanol–water partition coefficient (Wildman–Crippen LogP) is 2.51. The average molecular weight is 422 g/mol. The zero-order valence-electron chi connectivity index (χ0n) is 17.4. The first-order valence-electron chi connectivity index (χ1n) is 10.8. The van der Waals surface area contributed by atoms with Gasteiger partial charge in [0.1, 0.15) is 22.8 Å². The first-order chi connectivity index (χ1) is 14.9. The van der Waals surface area contributed by atoms with Gasteiger partial charge in [-0.3, -0.25) is 9.59 Å². The molecule has 2 amide bonds. The van der Waals surface area contributed by atoms with Crippen LogP contribution in [-0.2, 0) is 4.79 Å². The lowest BCUT2D eigenvalue weighted by Crippen LogP contribution is -2.42. The van der Waals surface area contributed by atoms with E-state index in [0.29, 0.717) is 17.6 Å². The Morgan fingerprint density at radius 3 is 2.55 bits per heavy atom. The summed E-state index contributed by atoms with van der Waals surface area (Å²) in [5.74, 6) is 0.499. The molecule has 8 nitrogen and oxygen atoms in total. The minimum Gasteiger partial charge on any atom is -0.490 e. The van der Waals surface area contributed by atoms with Gasteiger partial charge < -0.3 is 21.1 Å². The van der Waals surface area contributed by atoms with Crippen molar-refractivity contribution >= 4 is 17.6 Å². The van der Waals surface area contributed by atoms with Crippen molar-refractivity contribution in [3.63, 3.8) is 0 Å². The standard InChI is InChI=1S/C23H27N5O3/c1-2-18(29)27-10-9-23(13-27)11-15(12-23)28-21(24)19(22(25)30)20(26-28)14-3-5-16(6-4-14)31-17-7-8-17/h2-6,15,17H,1,7-13,24H2,(H2,25,30)/t15-,23-. The summed E-state index contributed by atoms with van der Waals surface area (Å²) in [5, 5.41) is 4.70. The lowest BCUT2D eigenvalue weighted by Gasteiger charge is -2.45. The number of nitrogens with zero attached hydrogens (tertiary/aromatic N) is 3. The minimum absolute atomic E-state index is 0.0219. The number of primary amides is 1. The van der Waals surface area contributed by atoms with E-state index in [1.807, 2.05) is 29.2 Å². The van der Waals surface area contributed by atoms with Crippen molar-refractivity contribution in [2.24, 2.45) is 11.1 Å². The van der Waals surface area contributed by atoms with Gasteiger partial charge in [0, 0.05) is 18.7 Å². The normalized spacial score (nSPS) is 24.8. The maximum Gasteiger partial charge on any atom is 0.254 e. The van der Waals surface area contributed by atoms with Gasteiger partial charge in [0.2, 0.25) is 5.91 Å². The molecule has 2 heterocycles. The molecule has 162 valence electrons. The number of hydrogen-bond donors (Lipinski definition) is 2. The Kier molecular flexibility index (Phi) is 4.53. The molecule has 1 aromatic carbocycles. The quantitative estimate of drug-likeness (QED) is 0.695. The fourth-order valence-corrected chi connectivity index (χ4v) is 4.94. The van der Waals surface area contributed by atoms with Crippen LogP contribution in [-0.4, -0.2) is 45.7 Å². The number of ether oxygens (including phenoxy) is 1. The minimum atomic E-state index is -0.588. The lowest BCUT2D eigenvalue weighted by atomic mass is 9.65. The number of hydrogen-bond acceptors (Lipinski definition) is 5. The van der Waals surface area contributed by atoms with Gasteiger partial charge in [-0.05, 0) is 67.9 Å². The van der Waals surface area contributed by atoms with Crippen LogP contribution in [0.5, 0.6) is 5.75 Å². The topological polar surface area (TPSA) is 116 Å². The van der Waals surface area contributed by atoms with E-state index in [9.17, 15) is 9.59 Å². The van der Waals surface area contributed by atoms with Crippen LogP contribution >= 0.6 is 0 Å². The molecule has 0 bridgehead atoms. The lowest BCUT2D eigenvalue weighted by molar-refractivity contribution is -0.125. The number of amides is 2. The zero-order valence-corrected chi connectivity index (χ0v) is 17.4. The molecule has 2 saturated carbocycles. The number of nitrogen functional groups attached to an aromatic ring is 1. The summed E-state index contributed by atoms with van der Waals surface area (Å²) in [6, 6.07) is 7.62. The summed E-state index contributed by atoms with van der Waals surface area (Å²) < 4.78 is 7.54. The van der Waals surface area contributed by atoms with E-state index in [1.54, 1.807) is 4.68 Å². The monoisotopic (exact) mass is 421 g/mol. The van der Waals surface area contributed by atoms with Gasteiger partial charge in [-0.15, -0.1) is 0 Å². The summed E-state index contributed by atoms with van der Waals surface area (Å²) in [5.41, 5.74) is 13.6. The fourth-order valence-electron chi connectivity index (χ4n) is 4.94. The van der Waals surface area contributed by atoms with E-state index < -0.39 is 5.91 Å². The Morgan fingerprint density at radius 1 is 1.23 bits per heavy atom. The van der Waals surface area contributed by atoms with Crippen LogP contribution in [0.15, 0.2) is 36.9 Å². The molecule has 5 rings (SSSR count). The summed E-state index contributed by atoms with van der Waals surface area (Å²) in [6.07, 6.45) is 6.57. The highest BCUT2D eigenvalue weighted by molar-refractivity contribution is 6.03. The van der Waals surface area contributed by atoms with Crippen molar-refractivity contribution in [3.05, 3.63) is 42.5 Å². The van der Waals surface area contributed by atoms with Crippen LogP contribution in [0.1, 0.15) is 48.5 Å². The number of carbonyl (C=O) groups excluding carboxylic acids is 2. The molecule has 31 heavy (non-hydrogen) atoms. The first-order valence-corrected chi connectivity index (χ1v) is 10.8. The third kappa shape index (κ3) is 3.45. The number of nitrogens with two attached hydrogens (primary N) is 2. The molecule has 1 spiro atoms. The molecule has 8 heteroatoms. The first kappa shape index (κ1) is 19.7. The van der Waals surface area contributed by atoms with E-state index in [1.165, 1.54) is 6.08 Å². The van der Waals surface area contributed by atoms with Gasteiger partial charge in [0.25, 0.3) is 5.91 Å². The van der Waals surface area contributed by atoms with Crippen LogP contribution in [0.4, 0.5) is 5.82 Å². The largest absolute Gasteiger partial charge is 0.490 e. The Hall–Kier alpha value is -3.29. The molecule has 1 aromatic heterocycles. The predicted molar refractivity (Wildman–Crippen MR) is 116 cm³/mol. The molecular weight excluding hydrogens is 394 g/mol. The highest BCUT2D eigenvalue weighted by atomic mass is 16.5. The smallest absolute Gasteiger partial charge is 0.254 e. The van der Waals surface area contributed by atoms with Crippen molar-refractivity contribution in [1.82, 2.24) is 14.7 Å². The fraction of sp³-hybridized carbons (Fsp3) is 0.435. The molecular formula is C23H27N5O3. The van der Waals surface area contributed by atoms with Gasteiger partial charge in [-0.2, -0.15) is 5.10 Å². The Balaban J connectivity index is 1.37. The van der Waals surface area contributed by atoms with Crippen LogP contribution < -0.4 is 16.2 Å². The molecule has 2 aliphatic carbocycles. The van der Waals surface area contributed by atoms with E-state index in [-0.39, 0.29) is 22.9 Å². The van der Waals surface area contributed by atoms with Crippen molar-refractivity contribution in [2.45, 2.75) is 44.2 Å². The maximum atomic E-state index is 12.2. The molecule has 0 radical (unpaired) electrons. The number of rotatable bonds is 6. The van der Waals surface area contributed by atoms with E-state index in [0.717, 1.165) is 56.5 Å². The summed E-state index contributed by atoms with van der Waals surface area (Å²) in [7, 11) is 0. The molecule has 3 aliphatic rings. The SMILES string of the molecule is C=CC(=O)N1CC[C@]2(C1)C[C@H](n1nc(-c3ccc(OC4CC4)cc3)c(C(N)=O)c1N)C2. The van der Waals surface area contributed by atoms with Crippen LogP contribution in [0.3, 0.4) is 0 Å². The third-order valence-electron chi connectivity index (χ3n) is 6.76. The molecule has 1 aliphatic heterocycles. The third-order valence-corrected chi connectivity index (χ3v) is 6.76. The molecule has 2 aromatic rings. The van der Waals surface area contributed by atoms with Crippen LogP contribution in [0, 0.1) is 5.41 Å². The number of benzene rings is 1. The van der Waals surface area contributed by atoms with Gasteiger partial charge in [-0.25, -0.2) is 4.68 Å². The molecule has 0 atom stereocenters. The highest BCUT2D eigenvalue weighted by Gasteiger charge is 2.50. The van der Waals surface area contributed by atoms with E-state index >= 15 is 0 Å². The van der Waals surface area contributed by atoms with Crippen LogP contribution in [0.25, 0.3) is 11.3 Å². The Bertz CT molecular complexity index is 1050. The number of aromatic nitrogens is 2. The second-order valence-electron chi connectivity index (χ2n) is 9.04. The van der Waals surface area contributed by atoms with Gasteiger partial charge >= 0.3 is 0 Å². The molecule has 4 N–H and O–H groups in total.